The molecule has 1 unspecified atom stereocenters. The van der Waals surface area contributed by atoms with Crippen LogP contribution < -0.4 is 5.32 Å². The first-order valence-corrected chi connectivity index (χ1v) is 7.33. The Morgan fingerprint density at radius 1 is 1.27 bits per heavy atom. The normalized spacial score (nSPS) is 13.0. The molecule has 1 rings (SSSR count). The third-order valence-electron chi connectivity index (χ3n) is 2.76. The van der Waals surface area contributed by atoms with Crippen molar-refractivity contribution in [2.24, 2.45) is 0 Å². The van der Waals surface area contributed by atoms with E-state index in [-0.39, 0.29) is 25.2 Å². The number of methoxy groups -OCH3 is 1. The summed E-state index contributed by atoms with van der Waals surface area (Å²) in [5.74, 6) is -0.328. The molecule has 7 heteroatoms. The molecule has 0 spiro atoms. The number of esters is 1. The first-order valence-electron chi connectivity index (χ1n) is 6.79. The zero-order chi connectivity index (χ0) is 16.4. The van der Waals surface area contributed by atoms with E-state index in [1.54, 1.807) is 6.92 Å². The number of carbonyl (C=O) groups excluding carboxylic acids is 2. The number of hydrogen-bond donors (Lipinski definition) is 1. The average molecular weight is 330 g/mol. The van der Waals surface area contributed by atoms with E-state index in [1.165, 1.54) is 7.11 Å². The Morgan fingerprint density at radius 2 is 1.95 bits per heavy atom. The van der Waals surface area contributed by atoms with Crippen molar-refractivity contribution < 1.29 is 23.8 Å². The van der Waals surface area contributed by atoms with E-state index in [9.17, 15) is 9.59 Å². The molecule has 0 saturated carbocycles. The summed E-state index contributed by atoms with van der Waals surface area (Å²) in [7, 11) is 1.23. The minimum absolute atomic E-state index is 0.0407. The van der Waals surface area contributed by atoms with Crippen molar-refractivity contribution in [2.45, 2.75) is 25.7 Å². The predicted molar refractivity (Wildman–Crippen MR) is 81.7 cm³/mol. The van der Waals surface area contributed by atoms with Crippen molar-refractivity contribution in [2.75, 3.05) is 19.6 Å². The zero-order valence-electron chi connectivity index (χ0n) is 12.6. The number of carbonyl (C=O) groups is 2. The van der Waals surface area contributed by atoms with Crippen LogP contribution >= 0.6 is 11.6 Å². The van der Waals surface area contributed by atoms with E-state index in [0.717, 1.165) is 5.56 Å². The highest BCUT2D eigenvalue weighted by atomic mass is 35.5. The molecule has 2 atom stereocenters. The van der Waals surface area contributed by atoms with Crippen LogP contribution in [0.5, 0.6) is 0 Å². The number of hydrogen-bond acceptors (Lipinski definition) is 5. The summed E-state index contributed by atoms with van der Waals surface area (Å²) in [5.41, 5.74) is 0.847. The lowest BCUT2D eigenvalue weighted by atomic mass is 10.2. The fraction of sp³-hybridized carbons (Fsp3) is 0.467. The van der Waals surface area contributed by atoms with Crippen LogP contribution in [0.25, 0.3) is 0 Å². The van der Waals surface area contributed by atoms with Gasteiger partial charge in [-0.15, -0.1) is 11.6 Å². The second kappa shape index (κ2) is 10.0. The molecule has 0 saturated heterocycles. The summed E-state index contributed by atoms with van der Waals surface area (Å²) in [6, 6.07) is 8.27. The molecule has 0 aromatic heterocycles. The van der Waals surface area contributed by atoms with E-state index in [2.05, 4.69) is 10.1 Å². The molecular formula is C15H20ClNO5. The molecular weight excluding hydrogens is 310 g/mol. The van der Waals surface area contributed by atoms with Crippen molar-refractivity contribution in [3.63, 3.8) is 0 Å². The summed E-state index contributed by atoms with van der Waals surface area (Å²) >= 11 is 5.62. The second-order valence-electron chi connectivity index (χ2n) is 4.58. The Labute approximate surface area is 134 Å². The van der Waals surface area contributed by atoms with Gasteiger partial charge in [-0.05, 0) is 12.5 Å². The van der Waals surface area contributed by atoms with Crippen molar-refractivity contribution in [3.8, 4) is 0 Å². The van der Waals surface area contributed by atoms with Gasteiger partial charge in [0.2, 0.25) is 0 Å². The monoisotopic (exact) mass is 329 g/mol. The van der Waals surface area contributed by atoms with Crippen molar-refractivity contribution in [1.29, 1.82) is 0 Å². The van der Waals surface area contributed by atoms with Crippen LogP contribution in [0.4, 0.5) is 4.79 Å². The minimum atomic E-state index is -0.945. The predicted octanol–water partition coefficient (Wildman–Crippen LogP) is 2.10. The van der Waals surface area contributed by atoms with Gasteiger partial charge in [0.15, 0.2) is 6.04 Å². The van der Waals surface area contributed by atoms with Gasteiger partial charge in [-0.1, -0.05) is 30.3 Å². The van der Waals surface area contributed by atoms with Gasteiger partial charge in [0.1, 0.15) is 6.61 Å². The molecule has 1 N–H and O–H groups in total. The van der Waals surface area contributed by atoms with E-state index in [0.29, 0.717) is 0 Å². The minimum Gasteiger partial charge on any atom is -0.467 e. The first-order chi connectivity index (χ1) is 10.6. The Morgan fingerprint density at radius 3 is 2.55 bits per heavy atom. The summed E-state index contributed by atoms with van der Waals surface area (Å²) in [5, 5.41) is 2.41. The van der Waals surface area contributed by atoms with E-state index in [1.807, 2.05) is 30.3 Å². The number of alkyl carbamates (subject to hydrolysis) is 1. The molecule has 0 heterocycles. The molecule has 0 aliphatic heterocycles. The van der Waals surface area contributed by atoms with Crippen LogP contribution in [0, 0.1) is 0 Å². The molecule has 1 aromatic rings. The number of alkyl halides is 1. The van der Waals surface area contributed by atoms with Gasteiger partial charge in [0.25, 0.3) is 0 Å². The van der Waals surface area contributed by atoms with Gasteiger partial charge < -0.3 is 19.5 Å². The van der Waals surface area contributed by atoms with E-state index >= 15 is 0 Å². The number of benzene rings is 1. The Kier molecular flexibility index (Phi) is 8.32. The fourth-order valence-electron chi connectivity index (χ4n) is 1.52. The summed E-state index contributed by atoms with van der Waals surface area (Å²) in [6.45, 7) is 1.83. The molecule has 0 radical (unpaired) electrons. The van der Waals surface area contributed by atoms with Gasteiger partial charge in [-0.25, -0.2) is 9.59 Å². The molecule has 6 nitrogen and oxygen atoms in total. The molecule has 0 aliphatic carbocycles. The van der Waals surface area contributed by atoms with Gasteiger partial charge in [0, 0.05) is 5.88 Å². The van der Waals surface area contributed by atoms with E-state index in [4.69, 9.17) is 21.1 Å². The molecule has 0 bridgehead atoms. The van der Waals surface area contributed by atoms with Crippen LogP contribution in [0.15, 0.2) is 30.3 Å². The number of nitrogens with one attached hydrogen (secondary N) is 1. The third-order valence-corrected chi connectivity index (χ3v) is 3.19. The lowest BCUT2D eigenvalue weighted by molar-refractivity contribution is -0.145. The summed E-state index contributed by atoms with van der Waals surface area (Å²) in [4.78, 5) is 23.4. The molecule has 0 fully saturated rings. The van der Waals surface area contributed by atoms with Crippen molar-refractivity contribution in [3.05, 3.63) is 35.9 Å². The van der Waals surface area contributed by atoms with Crippen LogP contribution in [-0.4, -0.2) is 43.8 Å². The molecule has 0 aliphatic rings. The Bertz CT molecular complexity index is 468. The molecule has 22 heavy (non-hydrogen) atoms. The second-order valence-corrected chi connectivity index (χ2v) is 4.89. The highest BCUT2D eigenvalue weighted by Gasteiger charge is 2.23. The van der Waals surface area contributed by atoms with Gasteiger partial charge in [0.05, 0.1) is 19.8 Å². The molecule has 122 valence electrons. The molecule has 1 amide bonds. The maximum atomic E-state index is 11.7. The van der Waals surface area contributed by atoms with Gasteiger partial charge in [-0.3, -0.25) is 0 Å². The van der Waals surface area contributed by atoms with Gasteiger partial charge in [-0.2, -0.15) is 0 Å². The number of amides is 1. The lowest BCUT2D eigenvalue weighted by Crippen LogP contribution is -2.45. The average Bonchev–Trinajstić information content (AvgIpc) is 2.56. The fourth-order valence-corrected chi connectivity index (χ4v) is 1.61. The first kappa shape index (κ1) is 18.3. The van der Waals surface area contributed by atoms with E-state index < -0.39 is 18.1 Å². The standard InChI is InChI=1S/C15H20ClNO5/c1-11(8-16)21-10-13(14(18)20-2)17-15(19)22-9-12-6-4-3-5-7-12/h3-7,11,13H,8-10H2,1-2H3,(H,17,19)/t11-,13?/m1/s1. The van der Waals surface area contributed by atoms with Crippen molar-refractivity contribution in [1.82, 2.24) is 5.32 Å². The number of ether oxygens (including phenoxy) is 3. The SMILES string of the molecule is COC(=O)C(CO[C@H](C)CCl)NC(=O)OCc1ccccc1. The zero-order valence-corrected chi connectivity index (χ0v) is 13.3. The molecule has 1 aromatic carbocycles. The smallest absolute Gasteiger partial charge is 0.408 e. The lowest BCUT2D eigenvalue weighted by Gasteiger charge is -2.18. The third kappa shape index (κ3) is 6.78. The quantitative estimate of drug-likeness (QED) is 0.584. The maximum absolute atomic E-state index is 11.7. The highest BCUT2D eigenvalue weighted by Crippen LogP contribution is 2.02. The van der Waals surface area contributed by atoms with Crippen molar-refractivity contribution >= 4 is 23.7 Å². The summed E-state index contributed by atoms with van der Waals surface area (Å²) in [6.07, 6.45) is -0.961. The van der Waals surface area contributed by atoms with Crippen LogP contribution in [0.1, 0.15) is 12.5 Å². The van der Waals surface area contributed by atoms with Crippen LogP contribution in [0.3, 0.4) is 0 Å². The highest BCUT2D eigenvalue weighted by molar-refractivity contribution is 6.18. The maximum Gasteiger partial charge on any atom is 0.408 e. The van der Waals surface area contributed by atoms with Crippen LogP contribution in [-0.2, 0) is 25.6 Å². The largest absolute Gasteiger partial charge is 0.467 e. The van der Waals surface area contributed by atoms with Crippen LogP contribution in [0.2, 0.25) is 0 Å². The Balaban J connectivity index is 2.46. The topological polar surface area (TPSA) is 73.9 Å². The summed E-state index contributed by atoms with van der Waals surface area (Å²) < 4.78 is 15.0. The number of rotatable bonds is 8. The Hall–Kier alpha value is -1.79. The van der Waals surface area contributed by atoms with Gasteiger partial charge >= 0.3 is 12.1 Å². The number of halogens is 1.